The Kier molecular flexibility index (Phi) is 6.83. The van der Waals surface area contributed by atoms with Gasteiger partial charge in [-0.1, -0.05) is 12.1 Å². The summed E-state index contributed by atoms with van der Waals surface area (Å²) < 4.78 is 39.7. The summed E-state index contributed by atoms with van der Waals surface area (Å²) in [6.45, 7) is 0. The molecule has 7 heteroatoms. The fourth-order valence-electron chi connectivity index (χ4n) is 2.84. The Labute approximate surface area is 208 Å². The molecule has 156 valence electrons. The fourth-order valence-corrected chi connectivity index (χ4v) is 5.13. The van der Waals surface area contributed by atoms with Gasteiger partial charge in [0.1, 0.15) is 23.0 Å². The second-order valence-electron chi connectivity index (χ2n) is 6.57. The lowest BCUT2D eigenvalue weighted by Gasteiger charge is -2.09. The molecule has 0 fully saturated rings. The van der Waals surface area contributed by atoms with Gasteiger partial charge in [-0.2, -0.15) is 0 Å². The second kappa shape index (κ2) is 9.58. The molecule has 4 aromatic carbocycles. The van der Waals surface area contributed by atoms with Crippen LogP contribution >= 0.6 is 45.2 Å². The maximum atomic E-state index is 13.0. The van der Waals surface area contributed by atoms with Crippen molar-refractivity contribution < 1.29 is 17.9 Å². The molecule has 0 N–H and O–H groups in total. The predicted octanol–water partition coefficient (Wildman–Crippen LogP) is 7.31. The first-order chi connectivity index (χ1) is 14.9. The van der Waals surface area contributed by atoms with Crippen LogP contribution in [0.25, 0.3) is 0 Å². The number of hydrogen-bond donors (Lipinski definition) is 0. The van der Waals surface area contributed by atoms with Crippen molar-refractivity contribution in [3.05, 3.63) is 104 Å². The Balaban J connectivity index is 1.50. The lowest BCUT2D eigenvalue weighted by atomic mass is 10.3. The van der Waals surface area contributed by atoms with Crippen molar-refractivity contribution in [3.8, 4) is 23.0 Å². The van der Waals surface area contributed by atoms with E-state index in [0.29, 0.717) is 23.0 Å². The molecule has 0 unspecified atom stereocenters. The van der Waals surface area contributed by atoms with E-state index >= 15 is 0 Å². The van der Waals surface area contributed by atoms with Gasteiger partial charge in [-0.25, -0.2) is 8.42 Å². The van der Waals surface area contributed by atoms with E-state index in [2.05, 4.69) is 45.2 Å². The van der Waals surface area contributed by atoms with Gasteiger partial charge in [0.05, 0.1) is 9.79 Å². The second-order valence-corrected chi connectivity index (χ2v) is 11.0. The van der Waals surface area contributed by atoms with Crippen LogP contribution in [0.4, 0.5) is 0 Å². The number of halogens is 2. The van der Waals surface area contributed by atoms with Crippen molar-refractivity contribution in [2.75, 3.05) is 0 Å². The first-order valence-corrected chi connectivity index (χ1v) is 12.9. The molecular weight excluding hydrogens is 638 g/mol. The molecule has 0 amide bonds. The average molecular weight is 654 g/mol. The first kappa shape index (κ1) is 22.1. The molecule has 0 saturated carbocycles. The van der Waals surface area contributed by atoms with Crippen LogP contribution in [0.3, 0.4) is 0 Å². The molecule has 31 heavy (non-hydrogen) atoms. The van der Waals surface area contributed by atoms with Gasteiger partial charge in [0.2, 0.25) is 9.84 Å². The number of hydrogen-bond acceptors (Lipinski definition) is 4. The Hall–Kier alpha value is -2.11. The summed E-state index contributed by atoms with van der Waals surface area (Å²) in [7, 11) is -3.65. The minimum atomic E-state index is -3.65. The minimum absolute atomic E-state index is 0.203. The van der Waals surface area contributed by atoms with E-state index in [-0.39, 0.29) is 9.79 Å². The third-order valence-corrected chi connectivity index (χ3v) is 7.46. The predicted molar refractivity (Wildman–Crippen MR) is 137 cm³/mol. The highest BCUT2D eigenvalue weighted by Gasteiger charge is 2.18. The Morgan fingerprint density at radius 3 is 1.26 bits per heavy atom. The molecule has 0 saturated heterocycles. The van der Waals surface area contributed by atoms with Gasteiger partial charge in [-0.3, -0.25) is 0 Å². The topological polar surface area (TPSA) is 52.6 Å². The summed E-state index contributed by atoms with van der Waals surface area (Å²) >= 11 is 4.42. The largest absolute Gasteiger partial charge is 0.457 e. The van der Waals surface area contributed by atoms with Crippen molar-refractivity contribution in [3.63, 3.8) is 0 Å². The van der Waals surface area contributed by atoms with Gasteiger partial charge in [-0.15, -0.1) is 0 Å². The van der Waals surface area contributed by atoms with E-state index < -0.39 is 9.84 Å². The number of rotatable bonds is 6. The van der Waals surface area contributed by atoms with Crippen LogP contribution in [-0.2, 0) is 9.84 Å². The molecule has 0 aliphatic heterocycles. The van der Waals surface area contributed by atoms with Crippen LogP contribution < -0.4 is 9.47 Å². The summed E-state index contributed by atoms with van der Waals surface area (Å²) in [5, 5.41) is 0. The summed E-state index contributed by atoms with van der Waals surface area (Å²) in [5.74, 6) is 2.54. The molecular formula is C24H16I2O4S. The summed E-state index contributed by atoms with van der Waals surface area (Å²) in [5.41, 5.74) is 0. The maximum Gasteiger partial charge on any atom is 0.206 e. The zero-order valence-corrected chi connectivity index (χ0v) is 21.2. The molecule has 0 aromatic heterocycles. The van der Waals surface area contributed by atoms with E-state index in [1.165, 1.54) is 0 Å². The van der Waals surface area contributed by atoms with E-state index in [1.807, 2.05) is 48.5 Å². The number of benzene rings is 4. The molecule has 0 radical (unpaired) electrons. The highest BCUT2D eigenvalue weighted by atomic mass is 127. The summed E-state index contributed by atoms with van der Waals surface area (Å²) in [6.07, 6.45) is 0. The van der Waals surface area contributed by atoms with E-state index in [0.717, 1.165) is 7.14 Å². The number of sulfone groups is 1. The smallest absolute Gasteiger partial charge is 0.206 e. The normalized spacial score (nSPS) is 11.2. The van der Waals surface area contributed by atoms with Crippen LogP contribution in [-0.4, -0.2) is 8.42 Å². The molecule has 0 aliphatic rings. The lowest BCUT2D eigenvalue weighted by Crippen LogP contribution is -2.01. The monoisotopic (exact) mass is 654 g/mol. The molecule has 4 nitrogen and oxygen atoms in total. The Bertz CT molecular complexity index is 1210. The summed E-state index contributed by atoms with van der Waals surface area (Å²) in [4.78, 5) is 0.405. The molecule has 0 aliphatic carbocycles. The Morgan fingerprint density at radius 2 is 0.903 bits per heavy atom. The minimum Gasteiger partial charge on any atom is -0.457 e. The molecule has 4 rings (SSSR count). The van der Waals surface area contributed by atoms with Crippen LogP contribution in [0.1, 0.15) is 0 Å². The zero-order valence-electron chi connectivity index (χ0n) is 16.0. The van der Waals surface area contributed by atoms with Gasteiger partial charge >= 0.3 is 0 Å². The van der Waals surface area contributed by atoms with E-state index in [4.69, 9.17) is 9.47 Å². The first-order valence-electron chi connectivity index (χ1n) is 9.22. The van der Waals surface area contributed by atoms with Crippen molar-refractivity contribution in [1.82, 2.24) is 0 Å². The molecule has 0 atom stereocenters. The number of ether oxygens (including phenoxy) is 2. The van der Waals surface area contributed by atoms with Gasteiger partial charge in [0, 0.05) is 7.14 Å². The van der Waals surface area contributed by atoms with Crippen molar-refractivity contribution >= 4 is 55.0 Å². The van der Waals surface area contributed by atoms with Gasteiger partial charge in [0.15, 0.2) is 0 Å². The van der Waals surface area contributed by atoms with Crippen LogP contribution in [0.15, 0.2) is 107 Å². The fraction of sp³-hybridized carbons (Fsp3) is 0. The van der Waals surface area contributed by atoms with Crippen molar-refractivity contribution in [2.45, 2.75) is 9.79 Å². The third kappa shape index (κ3) is 5.58. The molecule has 0 spiro atoms. The lowest BCUT2D eigenvalue weighted by molar-refractivity contribution is 0.481. The van der Waals surface area contributed by atoms with Crippen LogP contribution in [0, 0.1) is 7.14 Å². The van der Waals surface area contributed by atoms with E-state index in [9.17, 15) is 8.42 Å². The van der Waals surface area contributed by atoms with Gasteiger partial charge in [-0.05, 0) is 130 Å². The molecule has 0 heterocycles. The average Bonchev–Trinajstić information content (AvgIpc) is 2.75. The van der Waals surface area contributed by atoms with Crippen molar-refractivity contribution in [2.24, 2.45) is 0 Å². The van der Waals surface area contributed by atoms with Crippen LogP contribution in [0.5, 0.6) is 23.0 Å². The highest BCUT2D eigenvalue weighted by molar-refractivity contribution is 14.1. The SMILES string of the molecule is O=S(=O)(c1ccc(Oc2cccc(I)c2)cc1)c1ccc(Oc2cccc(I)c2)cc1. The van der Waals surface area contributed by atoms with E-state index in [1.54, 1.807) is 48.5 Å². The van der Waals surface area contributed by atoms with Gasteiger partial charge in [0.25, 0.3) is 0 Å². The van der Waals surface area contributed by atoms with Crippen molar-refractivity contribution in [1.29, 1.82) is 0 Å². The third-order valence-electron chi connectivity index (χ3n) is 4.33. The van der Waals surface area contributed by atoms with Gasteiger partial charge < -0.3 is 9.47 Å². The highest BCUT2D eigenvalue weighted by Crippen LogP contribution is 2.29. The zero-order chi connectivity index (χ0) is 21.8. The Morgan fingerprint density at radius 1 is 0.516 bits per heavy atom. The maximum absolute atomic E-state index is 13.0. The summed E-state index contributed by atoms with van der Waals surface area (Å²) in [6, 6.07) is 28.1. The molecule has 0 bridgehead atoms. The molecule has 4 aromatic rings. The standard InChI is InChI=1S/C24H16I2O4S/c25-17-3-1-5-21(15-17)29-19-7-11-23(12-8-19)31(27,28)24-13-9-20(10-14-24)30-22-6-2-4-18(26)16-22/h1-16H. The quantitative estimate of drug-likeness (QED) is 0.205. The van der Waals surface area contributed by atoms with Crippen LogP contribution in [0.2, 0.25) is 0 Å².